The second kappa shape index (κ2) is 6.21. The fraction of sp³-hybridized carbons (Fsp3) is 0.818. The van der Waals surface area contributed by atoms with Gasteiger partial charge >= 0.3 is 16.3 Å². The maximum Gasteiger partial charge on any atom is 0.421 e. The normalized spacial score (nSPS) is 27.3. The van der Waals surface area contributed by atoms with Crippen molar-refractivity contribution >= 4 is 16.3 Å². The Bertz CT molecular complexity index is 461. The Labute approximate surface area is 113 Å². The quantitative estimate of drug-likeness (QED) is 0.803. The first-order chi connectivity index (χ1) is 8.82. The van der Waals surface area contributed by atoms with Crippen LogP contribution in [0.5, 0.6) is 0 Å². The zero-order valence-electron chi connectivity index (χ0n) is 11.1. The lowest BCUT2D eigenvalue weighted by Gasteiger charge is -2.33. The fourth-order valence-corrected chi connectivity index (χ4v) is 3.14. The van der Waals surface area contributed by atoms with Gasteiger partial charge in [0.15, 0.2) is 0 Å². The highest BCUT2D eigenvalue weighted by Crippen LogP contribution is 2.31. The second-order valence-corrected chi connectivity index (χ2v) is 6.22. The molecule has 0 bridgehead atoms. The van der Waals surface area contributed by atoms with Crippen LogP contribution in [-0.2, 0) is 14.9 Å². The molecule has 0 aromatic rings. The molecule has 0 spiro atoms. The van der Waals surface area contributed by atoms with Crippen molar-refractivity contribution in [1.82, 2.24) is 9.44 Å². The Hall–Kier alpha value is -1.33. The molecule has 1 aliphatic carbocycles. The highest BCUT2D eigenvalue weighted by atomic mass is 32.2. The van der Waals surface area contributed by atoms with Crippen molar-refractivity contribution in [3.8, 4) is 6.07 Å². The summed E-state index contributed by atoms with van der Waals surface area (Å²) in [5.74, 6) is 0.476. The van der Waals surface area contributed by atoms with Crippen molar-refractivity contribution in [3.63, 3.8) is 0 Å². The second-order valence-electron chi connectivity index (χ2n) is 4.80. The first kappa shape index (κ1) is 15.7. The predicted octanol–water partition coefficient (Wildman–Crippen LogP) is 1.04. The number of nitriles is 1. The molecule has 108 valence electrons. The van der Waals surface area contributed by atoms with Gasteiger partial charge in [-0.15, -0.1) is 0 Å². The van der Waals surface area contributed by atoms with Crippen molar-refractivity contribution in [1.29, 1.82) is 5.26 Å². The molecule has 1 amide bonds. The molecule has 8 heteroatoms. The number of hydrogen-bond acceptors (Lipinski definition) is 5. The number of carbonyl (C=O) groups excluding carboxylic acids is 1. The van der Waals surface area contributed by atoms with E-state index >= 15 is 0 Å². The fourth-order valence-electron chi connectivity index (χ4n) is 2.04. The van der Waals surface area contributed by atoms with E-state index in [4.69, 9.17) is 0 Å². The van der Waals surface area contributed by atoms with Gasteiger partial charge in [-0.05, 0) is 38.5 Å². The third-order valence-electron chi connectivity index (χ3n) is 3.16. The summed E-state index contributed by atoms with van der Waals surface area (Å²) in [5, 5.41) is 9.21. The number of amides is 1. The van der Waals surface area contributed by atoms with E-state index < -0.39 is 21.8 Å². The minimum Gasteiger partial charge on any atom is -0.449 e. The molecule has 1 fully saturated rings. The zero-order valence-corrected chi connectivity index (χ0v) is 11.9. The molecule has 0 saturated heterocycles. The number of carbonyl (C=O) groups is 1. The summed E-state index contributed by atoms with van der Waals surface area (Å²) in [6.45, 7) is 3.70. The van der Waals surface area contributed by atoms with Gasteiger partial charge in [-0.2, -0.15) is 18.4 Å². The monoisotopic (exact) mass is 289 g/mol. The van der Waals surface area contributed by atoms with E-state index in [1.165, 1.54) is 0 Å². The van der Waals surface area contributed by atoms with Gasteiger partial charge in [0.25, 0.3) is 0 Å². The summed E-state index contributed by atoms with van der Waals surface area (Å²) < 4.78 is 32.0. The van der Waals surface area contributed by atoms with E-state index in [1.54, 1.807) is 11.6 Å². The number of nitrogens with zero attached hydrogens (tertiary/aromatic N) is 1. The van der Waals surface area contributed by atoms with Gasteiger partial charge in [-0.25, -0.2) is 9.52 Å². The predicted molar refractivity (Wildman–Crippen MR) is 68.2 cm³/mol. The topological polar surface area (TPSA) is 108 Å². The van der Waals surface area contributed by atoms with E-state index in [1.807, 2.05) is 6.07 Å². The average Bonchev–Trinajstić information content (AvgIpc) is 2.31. The van der Waals surface area contributed by atoms with Crippen LogP contribution >= 0.6 is 0 Å². The van der Waals surface area contributed by atoms with Crippen molar-refractivity contribution < 1.29 is 17.9 Å². The Kier molecular flexibility index (Phi) is 5.14. The third kappa shape index (κ3) is 4.69. The van der Waals surface area contributed by atoms with E-state index in [0.29, 0.717) is 18.8 Å². The highest BCUT2D eigenvalue weighted by Gasteiger charge is 2.38. The summed E-state index contributed by atoms with van der Waals surface area (Å²) >= 11 is 0. The lowest BCUT2D eigenvalue weighted by atomic mass is 9.79. The maximum absolute atomic E-state index is 11.8. The largest absolute Gasteiger partial charge is 0.449 e. The molecule has 0 radical (unpaired) electrons. The van der Waals surface area contributed by atoms with Crippen LogP contribution in [0.3, 0.4) is 0 Å². The lowest BCUT2D eigenvalue weighted by molar-refractivity contribution is 0.158. The molecule has 19 heavy (non-hydrogen) atoms. The van der Waals surface area contributed by atoms with E-state index in [-0.39, 0.29) is 6.61 Å². The van der Waals surface area contributed by atoms with Crippen LogP contribution in [0.25, 0.3) is 0 Å². The minimum absolute atomic E-state index is 0.0717. The standard InChI is InChI=1S/C11H19N3O4S/c1-3-18-10(15)13-19(16,17)14-11(8-12)6-4-9(2)5-7-11/h9,14H,3-7H2,1-2H3,(H,13,15). The third-order valence-corrected chi connectivity index (χ3v) is 4.26. The van der Waals surface area contributed by atoms with Crippen LogP contribution in [0, 0.1) is 17.2 Å². The molecule has 1 aliphatic rings. The van der Waals surface area contributed by atoms with Crippen LogP contribution in [0.15, 0.2) is 0 Å². The number of ether oxygens (including phenoxy) is 1. The van der Waals surface area contributed by atoms with Crippen LogP contribution in [0.2, 0.25) is 0 Å². The summed E-state index contributed by atoms with van der Waals surface area (Å²) in [6.07, 6.45) is 1.38. The van der Waals surface area contributed by atoms with Gasteiger partial charge in [-0.3, -0.25) is 0 Å². The molecule has 7 nitrogen and oxygen atoms in total. The maximum atomic E-state index is 11.8. The lowest BCUT2D eigenvalue weighted by Crippen LogP contribution is -2.54. The van der Waals surface area contributed by atoms with Crippen LogP contribution in [-0.4, -0.2) is 26.7 Å². The Balaban J connectivity index is 2.70. The van der Waals surface area contributed by atoms with E-state index in [0.717, 1.165) is 12.8 Å². The summed E-state index contributed by atoms with van der Waals surface area (Å²) in [6, 6.07) is 2.02. The van der Waals surface area contributed by atoms with E-state index in [2.05, 4.69) is 16.4 Å². The van der Waals surface area contributed by atoms with Crippen molar-refractivity contribution in [2.24, 2.45) is 5.92 Å². The summed E-state index contributed by atoms with van der Waals surface area (Å²) in [5.41, 5.74) is -1.13. The molecular weight excluding hydrogens is 270 g/mol. The van der Waals surface area contributed by atoms with Crippen LogP contribution in [0.1, 0.15) is 39.5 Å². The van der Waals surface area contributed by atoms with Crippen molar-refractivity contribution in [3.05, 3.63) is 0 Å². The molecular formula is C11H19N3O4S. The molecule has 1 saturated carbocycles. The Morgan fingerprint density at radius 3 is 2.53 bits per heavy atom. The molecule has 0 unspecified atom stereocenters. The van der Waals surface area contributed by atoms with Gasteiger partial charge in [0, 0.05) is 0 Å². The smallest absolute Gasteiger partial charge is 0.421 e. The number of rotatable bonds is 4. The number of hydrogen-bond donors (Lipinski definition) is 2. The highest BCUT2D eigenvalue weighted by molar-refractivity contribution is 7.88. The molecule has 1 rings (SSSR count). The Morgan fingerprint density at radius 1 is 1.47 bits per heavy atom. The van der Waals surface area contributed by atoms with Crippen molar-refractivity contribution in [2.75, 3.05) is 6.61 Å². The summed E-state index contributed by atoms with van der Waals surface area (Å²) in [7, 11) is -4.09. The van der Waals surface area contributed by atoms with Crippen LogP contribution in [0.4, 0.5) is 4.79 Å². The first-order valence-electron chi connectivity index (χ1n) is 6.22. The molecule has 0 aromatic heterocycles. The molecule has 0 aliphatic heterocycles. The first-order valence-corrected chi connectivity index (χ1v) is 7.70. The zero-order chi connectivity index (χ0) is 14.5. The molecule has 2 N–H and O–H groups in total. The van der Waals surface area contributed by atoms with Gasteiger partial charge in [-0.1, -0.05) is 6.92 Å². The van der Waals surface area contributed by atoms with Gasteiger partial charge < -0.3 is 4.74 Å². The van der Waals surface area contributed by atoms with Gasteiger partial charge in [0.2, 0.25) is 0 Å². The summed E-state index contributed by atoms with van der Waals surface area (Å²) in [4.78, 5) is 11.1. The van der Waals surface area contributed by atoms with Gasteiger partial charge in [0.05, 0.1) is 12.7 Å². The van der Waals surface area contributed by atoms with Crippen LogP contribution < -0.4 is 9.44 Å². The SMILES string of the molecule is CCOC(=O)NS(=O)(=O)NC1(C#N)CCC(C)CC1. The Morgan fingerprint density at radius 2 is 2.05 bits per heavy atom. The average molecular weight is 289 g/mol. The number of nitrogens with one attached hydrogen (secondary N) is 2. The van der Waals surface area contributed by atoms with Crippen molar-refractivity contribution in [2.45, 2.75) is 45.1 Å². The molecule has 0 aromatic carbocycles. The van der Waals surface area contributed by atoms with E-state index in [9.17, 15) is 18.5 Å². The van der Waals surface area contributed by atoms with Gasteiger partial charge in [0.1, 0.15) is 5.54 Å². The molecule has 0 atom stereocenters. The minimum atomic E-state index is -4.09. The molecule has 0 heterocycles.